The van der Waals surface area contributed by atoms with Crippen molar-refractivity contribution in [1.29, 1.82) is 0 Å². The summed E-state index contributed by atoms with van der Waals surface area (Å²) in [7, 11) is 2.95. The third-order valence-electron chi connectivity index (χ3n) is 2.18. The number of nitrogens with one attached hydrogen (secondary N) is 1. The van der Waals surface area contributed by atoms with Crippen LogP contribution in [-0.4, -0.2) is 40.9 Å². The van der Waals surface area contributed by atoms with E-state index in [1.54, 1.807) is 34.0 Å². The van der Waals surface area contributed by atoms with Crippen LogP contribution in [0.4, 0.5) is 4.79 Å². The number of methoxy groups -OCH3 is 1. The number of alkyl carbamates (subject to hydrolysis) is 1. The minimum Gasteiger partial charge on any atom is -0.463 e. The molecule has 1 aromatic rings. The molecular formula is C14H19N3O4. The van der Waals surface area contributed by atoms with Crippen molar-refractivity contribution in [3.05, 3.63) is 17.7 Å². The molecule has 114 valence electrons. The number of carbonyl (C=O) groups excluding carboxylic acids is 2. The van der Waals surface area contributed by atoms with Gasteiger partial charge in [-0.1, -0.05) is 5.92 Å². The first-order valence-electron chi connectivity index (χ1n) is 6.30. The third kappa shape index (κ3) is 5.57. The number of rotatable bonds is 2. The standard InChI is InChI=1S/C14H19N3O4/c1-14(2,3)21-13(19)15-8-6-7-10-9-17(4)11(16-10)12(18)20-5/h9H,8H2,1-5H3,(H,15,19). The lowest BCUT2D eigenvalue weighted by Crippen LogP contribution is -2.32. The summed E-state index contributed by atoms with van der Waals surface area (Å²) in [5.41, 5.74) is -0.127. The first-order valence-corrected chi connectivity index (χ1v) is 6.30. The summed E-state index contributed by atoms with van der Waals surface area (Å²) < 4.78 is 11.2. The Bertz CT molecular complexity index is 588. The van der Waals surface area contributed by atoms with E-state index in [9.17, 15) is 9.59 Å². The molecule has 0 saturated carbocycles. The summed E-state index contributed by atoms with van der Waals surface area (Å²) >= 11 is 0. The smallest absolute Gasteiger partial charge is 0.408 e. The molecule has 0 saturated heterocycles. The molecule has 0 fully saturated rings. The lowest BCUT2D eigenvalue weighted by atomic mass is 10.2. The molecule has 1 rings (SSSR count). The van der Waals surface area contributed by atoms with Gasteiger partial charge in [0.2, 0.25) is 5.82 Å². The SMILES string of the molecule is COC(=O)c1nc(C#CCNC(=O)OC(C)(C)C)cn1C. The second kappa shape index (κ2) is 6.79. The monoisotopic (exact) mass is 293 g/mol. The van der Waals surface area contributed by atoms with E-state index < -0.39 is 17.7 Å². The van der Waals surface area contributed by atoms with Gasteiger partial charge in [-0.25, -0.2) is 14.6 Å². The highest BCUT2D eigenvalue weighted by molar-refractivity contribution is 5.85. The zero-order chi connectivity index (χ0) is 16.0. The Morgan fingerprint density at radius 3 is 2.67 bits per heavy atom. The number of amides is 1. The van der Waals surface area contributed by atoms with E-state index in [2.05, 4.69) is 26.9 Å². The maximum Gasteiger partial charge on any atom is 0.408 e. The highest BCUT2D eigenvalue weighted by atomic mass is 16.6. The summed E-state index contributed by atoms with van der Waals surface area (Å²) in [6, 6.07) is 0. The van der Waals surface area contributed by atoms with Crippen LogP contribution in [-0.2, 0) is 16.5 Å². The minimum absolute atomic E-state index is 0.124. The Labute approximate surface area is 123 Å². The molecule has 1 heterocycles. The average Bonchev–Trinajstić information content (AvgIpc) is 2.73. The largest absolute Gasteiger partial charge is 0.463 e. The zero-order valence-electron chi connectivity index (χ0n) is 12.8. The number of aromatic nitrogens is 2. The zero-order valence-corrected chi connectivity index (χ0v) is 12.8. The van der Waals surface area contributed by atoms with Gasteiger partial charge in [0.15, 0.2) is 0 Å². The van der Waals surface area contributed by atoms with Crippen molar-refractivity contribution in [3.63, 3.8) is 0 Å². The molecule has 1 aromatic heterocycles. The van der Waals surface area contributed by atoms with E-state index in [1.807, 2.05) is 0 Å². The van der Waals surface area contributed by atoms with Gasteiger partial charge in [-0.3, -0.25) is 0 Å². The molecule has 21 heavy (non-hydrogen) atoms. The normalized spacial score (nSPS) is 10.3. The number of ether oxygens (including phenoxy) is 2. The molecule has 1 amide bonds. The maximum atomic E-state index is 11.4. The van der Waals surface area contributed by atoms with E-state index in [-0.39, 0.29) is 12.4 Å². The van der Waals surface area contributed by atoms with Gasteiger partial charge in [-0.15, -0.1) is 0 Å². The highest BCUT2D eigenvalue weighted by Gasteiger charge is 2.15. The maximum absolute atomic E-state index is 11.4. The van der Waals surface area contributed by atoms with Crippen molar-refractivity contribution in [2.75, 3.05) is 13.7 Å². The molecular weight excluding hydrogens is 274 g/mol. The molecule has 0 aromatic carbocycles. The molecule has 7 nitrogen and oxygen atoms in total. The van der Waals surface area contributed by atoms with Gasteiger partial charge in [0.05, 0.1) is 13.7 Å². The van der Waals surface area contributed by atoms with E-state index in [4.69, 9.17) is 4.74 Å². The van der Waals surface area contributed by atoms with Crippen LogP contribution in [0.5, 0.6) is 0 Å². The van der Waals surface area contributed by atoms with E-state index in [1.165, 1.54) is 11.7 Å². The Balaban J connectivity index is 2.56. The van der Waals surface area contributed by atoms with Crippen LogP contribution in [0.15, 0.2) is 6.20 Å². The molecule has 0 aliphatic carbocycles. The fourth-order valence-electron chi connectivity index (χ4n) is 1.37. The Morgan fingerprint density at radius 2 is 2.10 bits per heavy atom. The van der Waals surface area contributed by atoms with Gasteiger partial charge in [-0.05, 0) is 26.7 Å². The molecule has 1 N–H and O–H groups in total. The van der Waals surface area contributed by atoms with Crippen molar-refractivity contribution in [1.82, 2.24) is 14.9 Å². The number of nitrogens with zero attached hydrogens (tertiary/aromatic N) is 2. The molecule has 0 bridgehead atoms. The highest BCUT2D eigenvalue weighted by Crippen LogP contribution is 2.06. The summed E-state index contributed by atoms with van der Waals surface area (Å²) in [6.45, 7) is 5.46. The molecule has 0 aliphatic heterocycles. The Kier molecular flexibility index (Phi) is 5.36. The van der Waals surface area contributed by atoms with Gasteiger partial charge in [0.1, 0.15) is 11.3 Å². The molecule has 0 spiro atoms. The van der Waals surface area contributed by atoms with Crippen LogP contribution in [0.2, 0.25) is 0 Å². The van der Waals surface area contributed by atoms with Crippen molar-refractivity contribution < 1.29 is 19.1 Å². The van der Waals surface area contributed by atoms with Gasteiger partial charge in [0.25, 0.3) is 0 Å². The number of hydrogen-bond donors (Lipinski definition) is 1. The van der Waals surface area contributed by atoms with Gasteiger partial charge < -0.3 is 19.4 Å². The molecule has 0 unspecified atom stereocenters. The lowest BCUT2D eigenvalue weighted by molar-refractivity contribution is 0.0533. The van der Waals surface area contributed by atoms with Crippen molar-refractivity contribution in [2.24, 2.45) is 7.05 Å². The van der Waals surface area contributed by atoms with Gasteiger partial charge in [0, 0.05) is 13.2 Å². The number of aryl methyl sites for hydroxylation is 1. The fraction of sp³-hybridized carbons (Fsp3) is 0.500. The Morgan fingerprint density at radius 1 is 1.43 bits per heavy atom. The topological polar surface area (TPSA) is 82.4 Å². The van der Waals surface area contributed by atoms with Crippen molar-refractivity contribution in [2.45, 2.75) is 26.4 Å². The third-order valence-corrected chi connectivity index (χ3v) is 2.18. The summed E-state index contributed by atoms with van der Waals surface area (Å²) in [5, 5.41) is 2.50. The second-order valence-electron chi connectivity index (χ2n) is 5.21. The number of carbonyl (C=O) groups is 2. The molecule has 0 aliphatic rings. The van der Waals surface area contributed by atoms with Crippen molar-refractivity contribution in [3.8, 4) is 11.8 Å². The van der Waals surface area contributed by atoms with Crippen LogP contribution in [0.1, 0.15) is 37.1 Å². The second-order valence-corrected chi connectivity index (χ2v) is 5.21. The molecule has 7 heteroatoms. The van der Waals surface area contributed by atoms with E-state index in [0.717, 1.165) is 0 Å². The number of imidazole rings is 1. The van der Waals surface area contributed by atoms with Crippen LogP contribution in [0, 0.1) is 11.8 Å². The van der Waals surface area contributed by atoms with Crippen LogP contribution in [0.3, 0.4) is 0 Å². The fourth-order valence-corrected chi connectivity index (χ4v) is 1.37. The minimum atomic E-state index is -0.548. The first-order chi connectivity index (χ1) is 9.73. The summed E-state index contributed by atoms with van der Waals surface area (Å²) in [5.74, 6) is 5.11. The van der Waals surface area contributed by atoms with Crippen LogP contribution < -0.4 is 5.32 Å². The average molecular weight is 293 g/mol. The van der Waals surface area contributed by atoms with Crippen molar-refractivity contribution >= 4 is 12.1 Å². The molecule has 0 radical (unpaired) electrons. The van der Waals surface area contributed by atoms with Gasteiger partial charge in [-0.2, -0.15) is 0 Å². The number of hydrogen-bond acceptors (Lipinski definition) is 5. The number of esters is 1. The summed E-state index contributed by atoms with van der Waals surface area (Å²) in [6.07, 6.45) is 1.07. The lowest BCUT2D eigenvalue weighted by Gasteiger charge is -2.18. The van der Waals surface area contributed by atoms with Gasteiger partial charge >= 0.3 is 12.1 Å². The van der Waals surface area contributed by atoms with E-state index in [0.29, 0.717) is 5.69 Å². The molecule has 0 atom stereocenters. The predicted molar refractivity (Wildman–Crippen MR) is 75.7 cm³/mol. The quantitative estimate of drug-likeness (QED) is 0.652. The van der Waals surface area contributed by atoms with Crippen LogP contribution in [0.25, 0.3) is 0 Å². The summed E-state index contributed by atoms with van der Waals surface area (Å²) in [4.78, 5) is 26.8. The first kappa shape index (κ1) is 16.6. The van der Waals surface area contributed by atoms with E-state index >= 15 is 0 Å². The Hall–Kier alpha value is -2.49. The predicted octanol–water partition coefficient (Wildman–Crippen LogP) is 1.08. The van der Waals surface area contributed by atoms with Crippen LogP contribution >= 0.6 is 0 Å².